The van der Waals surface area contributed by atoms with Gasteiger partial charge < -0.3 is 19.4 Å². The highest BCUT2D eigenvalue weighted by molar-refractivity contribution is 7.99. The van der Waals surface area contributed by atoms with Gasteiger partial charge in [0.05, 0.1) is 30.8 Å². The summed E-state index contributed by atoms with van der Waals surface area (Å²) >= 11 is 13.3. The third-order valence-electron chi connectivity index (χ3n) is 5.78. The van der Waals surface area contributed by atoms with Gasteiger partial charge in [0.1, 0.15) is 17.6 Å². The molecule has 1 fully saturated rings. The van der Waals surface area contributed by atoms with Crippen LogP contribution in [0.25, 0.3) is 0 Å². The summed E-state index contributed by atoms with van der Waals surface area (Å²) in [5, 5.41) is 5.24. The fraction of sp³-hybridized carbons (Fsp3) is 0.154. The molecule has 2 N–H and O–H groups in total. The van der Waals surface area contributed by atoms with E-state index in [-0.39, 0.29) is 12.1 Å². The SMILES string of the molecule is COc1cc(N2C(=S)N[C@@H](c3ccccn3)[C@@H]2c2ccc(Sc3ccc(Cl)cc3)o2)ccc1NS(C)(=O)=O. The maximum absolute atomic E-state index is 11.8. The quantitative estimate of drug-likeness (QED) is 0.240. The molecule has 1 aliphatic rings. The van der Waals surface area contributed by atoms with Crippen LogP contribution in [0.1, 0.15) is 23.5 Å². The van der Waals surface area contributed by atoms with Crippen molar-refractivity contribution in [1.82, 2.24) is 10.3 Å². The zero-order chi connectivity index (χ0) is 26.9. The maximum atomic E-state index is 11.8. The van der Waals surface area contributed by atoms with Gasteiger partial charge in [-0.25, -0.2) is 8.42 Å². The van der Waals surface area contributed by atoms with E-state index in [9.17, 15) is 8.42 Å². The summed E-state index contributed by atoms with van der Waals surface area (Å²) in [6.07, 6.45) is 2.82. The second-order valence-corrected chi connectivity index (χ2v) is 12.1. The summed E-state index contributed by atoms with van der Waals surface area (Å²) in [6, 6.07) is 21.6. The number of hydrogen-bond donors (Lipinski definition) is 2. The number of thiocarbonyl (C=S) groups is 1. The van der Waals surface area contributed by atoms with Crippen molar-refractivity contribution in [1.29, 1.82) is 0 Å². The number of methoxy groups -OCH3 is 1. The molecule has 4 aromatic rings. The topological polar surface area (TPSA) is 96.7 Å². The van der Waals surface area contributed by atoms with E-state index in [1.807, 2.05) is 59.5 Å². The molecule has 1 aliphatic heterocycles. The lowest BCUT2D eigenvalue weighted by Crippen LogP contribution is -2.29. The molecule has 0 radical (unpaired) electrons. The molecule has 8 nitrogen and oxygen atoms in total. The monoisotopic (exact) mass is 586 g/mol. The third kappa shape index (κ3) is 5.75. The number of halogens is 1. The van der Waals surface area contributed by atoms with Gasteiger partial charge in [-0.3, -0.25) is 9.71 Å². The van der Waals surface area contributed by atoms with Crippen molar-refractivity contribution in [2.24, 2.45) is 0 Å². The van der Waals surface area contributed by atoms with Crippen LogP contribution in [0, 0.1) is 0 Å². The molecule has 0 unspecified atom stereocenters. The normalized spacial score (nSPS) is 17.3. The van der Waals surface area contributed by atoms with Crippen LogP contribution in [0.15, 0.2) is 93.4 Å². The number of furan rings is 1. The van der Waals surface area contributed by atoms with Crippen molar-refractivity contribution < 1.29 is 17.6 Å². The molecule has 196 valence electrons. The number of hydrogen-bond acceptors (Lipinski definition) is 7. The number of ether oxygens (including phenoxy) is 1. The lowest BCUT2D eigenvalue weighted by atomic mass is 10.0. The first-order chi connectivity index (χ1) is 18.2. The van der Waals surface area contributed by atoms with Crippen molar-refractivity contribution in [2.45, 2.75) is 22.1 Å². The Hall–Kier alpha value is -3.25. The largest absolute Gasteiger partial charge is 0.494 e. The number of nitrogens with zero attached hydrogens (tertiary/aromatic N) is 2. The van der Waals surface area contributed by atoms with Crippen LogP contribution in [0.4, 0.5) is 11.4 Å². The van der Waals surface area contributed by atoms with Crippen molar-refractivity contribution in [3.8, 4) is 5.75 Å². The molecule has 0 saturated carbocycles. The number of sulfonamides is 1. The molecule has 2 atom stereocenters. The van der Waals surface area contributed by atoms with Gasteiger partial charge in [-0.05, 0) is 72.9 Å². The first-order valence-corrected chi connectivity index (χ1v) is 14.9. The Morgan fingerprint density at radius 3 is 2.61 bits per heavy atom. The fourth-order valence-corrected chi connectivity index (χ4v) is 6.02. The Balaban J connectivity index is 1.54. The molecule has 2 aromatic heterocycles. The van der Waals surface area contributed by atoms with Gasteiger partial charge in [0, 0.05) is 27.9 Å². The molecule has 0 aliphatic carbocycles. The van der Waals surface area contributed by atoms with Gasteiger partial charge in [0.2, 0.25) is 10.0 Å². The van der Waals surface area contributed by atoms with Crippen LogP contribution < -0.4 is 19.7 Å². The average Bonchev–Trinajstić information content (AvgIpc) is 3.49. The van der Waals surface area contributed by atoms with E-state index in [0.717, 1.165) is 16.8 Å². The molecule has 0 amide bonds. The highest BCUT2D eigenvalue weighted by Crippen LogP contribution is 2.44. The van der Waals surface area contributed by atoms with Crippen molar-refractivity contribution in [3.05, 3.63) is 95.5 Å². The Labute approximate surface area is 235 Å². The van der Waals surface area contributed by atoms with Crippen LogP contribution in [0.5, 0.6) is 5.75 Å². The Morgan fingerprint density at radius 2 is 1.92 bits per heavy atom. The van der Waals surface area contributed by atoms with Gasteiger partial charge in [-0.15, -0.1) is 0 Å². The first-order valence-electron chi connectivity index (χ1n) is 11.4. The standard InChI is InChI=1S/C26H23ClN4O4S3/c1-34-22-15-17(8-11-19(22)30-38(2,32)33)31-25(24(29-26(31)36)20-5-3-4-14-28-20)21-12-13-23(35-21)37-18-9-6-16(27)7-10-18/h3-15,24-25,30H,1-2H3,(H,29,36)/t24-,25-/m0/s1. The lowest BCUT2D eigenvalue weighted by Gasteiger charge is -2.26. The Bertz CT molecular complexity index is 1560. The zero-order valence-corrected chi connectivity index (χ0v) is 23.5. The Morgan fingerprint density at radius 1 is 1.13 bits per heavy atom. The Kier molecular flexibility index (Phi) is 7.53. The van der Waals surface area contributed by atoms with Gasteiger partial charge in [-0.2, -0.15) is 0 Å². The lowest BCUT2D eigenvalue weighted by molar-refractivity contribution is 0.383. The summed E-state index contributed by atoms with van der Waals surface area (Å²) < 4.78 is 37.9. The van der Waals surface area contributed by atoms with Crippen LogP contribution in [-0.4, -0.2) is 31.9 Å². The third-order valence-corrected chi connectivity index (χ3v) is 7.87. The van der Waals surface area contributed by atoms with E-state index < -0.39 is 10.0 Å². The number of anilines is 2. The van der Waals surface area contributed by atoms with Crippen LogP contribution in [-0.2, 0) is 10.0 Å². The van der Waals surface area contributed by atoms with Crippen molar-refractivity contribution in [3.63, 3.8) is 0 Å². The van der Waals surface area contributed by atoms with Gasteiger partial charge in [0.25, 0.3) is 0 Å². The highest BCUT2D eigenvalue weighted by atomic mass is 35.5. The summed E-state index contributed by atoms with van der Waals surface area (Å²) in [6.45, 7) is 0. The van der Waals surface area contributed by atoms with E-state index in [1.165, 1.54) is 18.9 Å². The van der Waals surface area contributed by atoms with Crippen LogP contribution in [0.2, 0.25) is 5.02 Å². The van der Waals surface area contributed by atoms with E-state index in [0.29, 0.717) is 38.1 Å². The second-order valence-electron chi connectivity index (χ2n) is 8.47. The zero-order valence-electron chi connectivity index (χ0n) is 20.3. The van der Waals surface area contributed by atoms with Gasteiger partial charge >= 0.3 is 0 Å². The summed E-state index contributed by atoms with van der Waals surface area (Å²) in [5.74, 6) is 1.04. The van der Waals surface area contributed by atoms with Crippen LogP contribution in [0.3, 0.4) is 0 Å². The van der Waals surface area contributed by atoms with Gasteiger partial charge in [-0.1, -0.05) is 29.4 Å². The number of pyridine rings is 1. The molecule has 0 bridgehead atoms. The van der Waals surface area contributed by atoms with E-state index in [2.05, 4.69) is 15.0 Å². The summed E-state index contributed by atoms with van der Waals surface area (Å²) in [5.41, 5.74) is 1.83. The summed E-state index contributed by atoms with van der Waals surface area (Å²) in [7, 11) is -2.01. The number of benzene rings is 2. The summed E-state index contributed by atoms with van der Waals surface area (Å²) in [4.78, 5) is 7.48. The number of nitrogens with one attached hydrogen (secondary N) is 2. The molecule has 1 saturated heterocycles. The fourth-order valence-electron chi connectivity index (χ4n) is 4.20. The minimum atomic E-state index is -3.49. The maximum Gasteiger partial charge on any atom is 0.229 e. The van der Waals surface area contributed by atoms with E-state index >= 15 is 0 Å². The van der Waals surface area contributed by atoms with E-state index in [4.69, 9.17) is 33.0 Å². The predicted molar refractivity (Wildman–Crippen MR) is 154 cm³/mol. The van der Waals surface area contributed by atoms with Crippen molar-refractivity contribution in [2.75, 3.05) is 23.0 Å². The van der Waals surface area contributed by atoms with Gasteiger partial charge in [0.15, 0.2) is 10.2 Å². The molecule has 2 aromatic carbocycles. The first kappa shape index (κ1) is 26.4. The second kappa shape index (κ2) is 10.9. The predicted octanol–water partition coefficient (Wildman–Crippen LogP) is 6.04. The molecular formula is C26H23ClN4O4S3. The minimum absolute atomic E-state index is 0.303. The molecule has 3 heterocycles. The van der Waals surface area contributed by atoms with Crippen molar-refractivity contribution >= 4 is 62.1 Å². The van der Waals surface area contributed by atoms with E-state index in [1.54, 1.807) is 24.4 Å². The molecular weight excluding hydrogens is 564 g/mol. The minimum Gasteiger partial charge on any atom is -0.494 e. The molecule has 5 rings (SSSR count). The molecule has 12 heteroatoms. The average molecular weight is 587 g/mol. The smallest absolute Gasteiger partial charge is 0.229 e. The highest BCUT2D eigenvalue weighted by Gasteiger charge is 2.42. The molecule has 0 spiro atoms. The number of rotatable bonds is 8. The van der Waals surface area contributed by atoms with Crippen LogP contribution >= 0.6 is 35.6 Å². The number of aromatic nitrogens is 1. The molecule has 38 heavy (non-hydrogen) atoms.